The van der Waals surface area contributed by atoms with Crippen molar-refractivity contribution in [3.8, 4) is 0 Å². The normalized spacial score (nSPS) is 17.2. The zero-order valence-electron chi connectivity index (χ0n) is 15.0. The summed E-state index contributed by atoms with van der Waals surface area (Å²) in [6.45, 7) is 6.80. The molecule has 0 N–H and O–H groups in total. The summed E-state index contributed by atoms with van der Waals surface area (Å²) in [5, 5.41) is 0. The highest BCUT2D eigenvalue weighted by Crippen LogP contribution is 2.73. The summed E-state index contributed by atoms with van der Waals surface area (Å²) in [4.78, 5) is 12.3. The van der Waals surface area contributed by atoms with Crippen LogP contribution >= 0.6 is 7.26 Å². The number of carbonyl (C=O) groups excluding carboxylic acids is 1. The van der Waals surface area contributed by atoms with Gasteiger partial charge in [-0.05, 0) is 25.3 Å². The summed E-state index contributed by atoms with van der Waals surface area (Å²) in [7, 11) is -1.31. The highest BCUT2D eigenvalue weighted by molar-refractivity contribution is 7.76. The van der Waals surface area contributed by atoms with Crippen molar-refractivity contribution in [2.24, 2.45) is 0 Å². The molecule has 0 saturated heterocycles. The third-order valence-corrected chi connectivity index (χ3v) is 10.0. The van der Waals surface area contributed by atoms with Crippen LogP contribution in [0.4, 0.5) is 0 Å². The first-order valence-corrected chi connectivity index (χ1v) is 11.8. The van der Waals surface area contributed by atoms with Gasteiger partial charge in [-0.25, -0.2) is 4.79 Å². The fourth-order valence-corrected chi connectivity index (χ4v) is 8.99. The van der Waals surface area contributed by atoms with Crippen LogP contribution in [0.2, 0.25) is 0 Å². The van der Waals surface area contributed by atoms with Crippen LogP contribution < -0.4 is 0 Å². The Labute approximate surface area is 142 Å². The molecular weight excluding hydrogens is 303 g/mol. The second-order valence-corrected chi connectivity index (χ2v) is 11.0. The van der Waals surface area contributed by atoms with Crippen LogP contribution in [-0.2, 0) is 4.74 Å². The van der Waals surface area contributed by atoms with Gasteiger partial charge in [-0.15, -0.1) is 0 Å². The maximum Gasteiger partial charge on any atom is 0.342 e. The molecule has 0 saturated carbocycles. The summed E-state index contributed by atoms with van der Waals surface area (Å²) in [5.41, 5.74) is 1.99. The quantitative estimate of drug-likeness (QED) is 0.372. The number of esters is 1. The number of rotatable bonds is 10. The van der Waals surface area contributed by atoms with Crippen molar-refractivity contribution in [2.45, 2.75) is 65.1 Å². The van der Waals surface area contributed by atoms with Crippen LogP contribution in [0, 0.1) is 0 Å². The zero-order valence-corrected chi connectivity index (χ0v) is 15.9. The van der Waals surface area contributed by atoms with Gasteiger partial charge < -0.3 is 4.74 Å². The first kappa shape index (κ1) is 18.5. The topological polar surface area (TPSA) is 26.3 Å². The number of fused-ring (bicyclic) bond motifs is 1. The van der Waals surface area contributed by atoms with Crippen LogP contribution in [0.15, 0.2) is 24.3 Å². The van der Waals surface area contributed by atoms with Crippen LogP contribution in [-0.4, -0.2) is 24.5 Å². The molecule has 1 atom stereocenters. The standard InChI is InChI=1S/C20H32O2P/c1-4-7-14-23(15-8-5-2,16-9-6-3)20-18-13-11-10-12-17(18)19(21)22-20/h10-13,20H,4-9,14-16H2,1-3H3/q+1. The van der Waals surface area contributed by atoms with E-state index in [0.29, 0.717) is 0 Å². The monoisotopic (exact) mass is 335 g/mol. The second-order valence-electron chi connectivity index (χ2n) is 6.79. The number of ether oxygens (including phenoxy) is 1. The minimum Gasteiger partial charge on any atom is -0.420 e. The zero-order chi connectivity index (χ0) is 16.7. The van der Waals surface area contributed by atoms with Gasteiger partial charge in [-0.1, -0.05) is 58.2 Å². The molecule has 0 radical (unpaired) electrons. The van der Waals surface area contributed by atoms with Gasteiger partial charge in [-0.2, -0.15) is 0 Å². The largest absolute Gasteiger partial charge is 0.420 e. The maximum absolute atomic E-state index is 12.3. The molecule has 3 heteroatoms. The molecule has 1 aliphatic heterocycles. The maximum atomic E-state index is 12.3. The number of cyclic esters (lactones) is 1. The Morgan fingerprint density at radius 2 is 1.43 bits per heavy atom. The van der Waals surface area contributed by atoms with Gasteiger partial charge in [-0.3, -0.25) is 0 Å². The van der Waals surface area contributed by atoms with Crippen LogP contribution in [0.5, 0.6) is 0 Å². The van der Waals surface area contributed by atoms with Gasteiger partial charge in [0, 0.05) is 5.56 Å². The molecule has 0 fully saturated rings. The average molecular weight is 335 g/mol. The number of benzene rings is 1. The smallest absolute Gasteiger partial charge is 0.342 e. The first-order valence-electron chi connectivity index (χ1n) is 9.34. The van der Waals surface area contributed by atoms with Crippen molar-refractivity contribution in [3.05, 3.63) is 35.4 Å². The van der Waals surface area contributed by atoms with Crippen molar-refractivity contribution in [2.75, 3.05) is 18.5 Å². The number of hydrogen-bond acceptors (Lipinski definition) is 2. The minimum absolute atomic E-state index is 0.0656. The molecule has 1 unspecified atom stereocenters. The molecule has 0 aromatic heterocycles. The van der Waals surface area contributed by atoms with Crippen LogP contribution in [0.3, 0.4) is 0 Å². The van der Waals surface area contributed by atoms with E-state index in [-0.39, 0.29) is 11.8 Å². The molecule has 1 heterocycles. The van der Waals surface area contributed by atoms with Crippen molar-refractivity contribution in [3.63, 3.8) is 0 Å². The molecule has 1 aliphatic rings. The third kappa shape index (κ3) is 4.15. The molecule has 0 spiro atoms. The molecular formula is C20H32O2P+. The average Bonchev–Trinajstić information content (AvgIpc) is 2.93. The lowest BCUT2D eigenvalue weighted by molar-refractivity contribution is 0.0509. The second kappa shape index (κ2) is 8.83. The van der Waals surface area contributed by atoms with E-state index in [1.165, 1.54) is 62.6 Å². The Morgan fingerprint density at radius 3 is 1.96 bits per heavy atom. The first-order chi connectivity index (χ1) is 11.2. The lowest BCUT2D eigenvalue weighted by Crippen LogP contribution is -2.17. The molecule has 23 heavy (non-hydrogen) atoms. The van der Waals surface area contributed by atoms with E-state index in [1.807, 2.05) is 12.1 Å². The van der Waals surface area contributed by atoms with E-state index in [9.17, 15) is 4.79 Å². The van der Waals surface area contributed by atoms with E-state index >= 15 is 0 Å². The molecule has 0 bridgehead atoms. The molecule has 128 valence electrons. The van der Waals surface area contributed by atoms with Crippen molar-refractivity contribution in [1.82, 2.24) is 0 Å². The summed E-state index contributed by atoms with van der Waals surface area (Å²) < 4.78 is 6.00. The van der Waals surface area contributed by atoms with Crippen molar-refractivity contribution < 1.29 is 9.53 Å². The molecule has 2 nitrogen and oxygen atoms in total. The Balaban J connectivity index is 2.36. The molecule has 0 amide bonds. The van der Waals surface area contributed by atoms with Gasteiger partial charge in [0.2, 0.25) is 5.85 Å². The minimum atomic E-state index is -1.31. The van der Waals surface area contributed by atoms with Crippen molar-refractivity contribution in [1.29, 1.82) is 0 Å². The number of hydrogen-bond donors (Lipinski definition) is 0. The van der Waals surface area contributed by atoms with Gasteiger partial charge in [0.15, 0.2) is 0 Å². The van der Waals surface area contributed by atoms with Crippen LogP contribution in [0.1, 0.15) is 81.1 Å². The van der Waals surface area contributed by atoms with Gasteiger partial charge in [0.25, 0.3) is 0 Å². The van der Waals surface area contributed by atoms with E-state index in [1.54, 1.807) is 0 Å². The van der Waals surface area contributed by atoms with E-state index in [2.05, 4.69) is 32.9 Å². The van der Waals surface area contributed by atoms with Crippen LogP contribution in [0.25, 0.3) is 0 Å². The van der Waals surface area contributed by atoms with Gasteiger partial charge >= 0.3 is 5.97 Å². The molecule has 0 aliphatic carbocycles. The van der Waals surface area contributed by atoms with E-state index < -0.39 is 7.26 Å². The predicted molar refractivity (Wildman–Crippen MR) is 101 cm³/mol. The predicted octanol–water partition coefficient (Wildman–Crippen LogP) is 6.27. The Bertz CT molecular complexity index is 490. The Hall–Kier alpha value is -0.880. The fraction of sp³-hybridized carbons (Fsp3) is 0.650. The molecule has 1 aromatic carbocycles. The highest BCUT2D eigenvalue weighted by Gasteiger charge is 2.51. The third-order valence-electron chi connectivity index (χ3n) is 5.03. The molecule has 1 aromatic rings. The lowest BCUT2D eigenvalue weighted by atomic mass is 10.1. The number of unbranched alkanes of at least 4 members (excludes halogenated alkanes) is 3. The molecule has 2 rings (SSSR count). The summed E-state index contributed by atoms with van der Waals surface area (Å²) in [6.07, 6.45) is 11.3. The van der Waals surface area contributed by atoms with Gasteiger partial charge in [0.05, 0.1) is 31.3 Å². The number of carbonyl (C=O) groups is 1. The highest BCUT2D eigenvalue weighted by atomic mass is 31.2. The van der Waals surface area contributed by atoms with Gasteiger partial charge in [0.1, 0.15) is 0 Å². The summed E-state index contributed by atoms with van der Waals surface area (Å²) in [5.74, 6) is -0.0321. The Kier molecular flexibility index (Phi) is 7.09. The summed E-state index contributed by atoms with van der Waals surface area (Å²) in [6, 6.07) is 8.07. The SMILES string of the molecule is CCCC[P+](CCCC)(CCCC)C1OC(=O)c2ccccc21. The fourth-order valence-electron chi connectivity index (χ4n) is 3.64. The van der Waals surface area contributed by atoms with Crippen molar-refractivity contribution >= 4 is 13.2 Å². The Morgan fingerprint density at radius 1 is 0.913 bits per heavy atom. The van der Waals surface area contributed by atoms with E-state index in [4.69, 9.17) is 4.74 Å². The summed E-state index contributed by atoms with van der Waals surface area (Å²) >= 11 is 0. The lowest BCUT2D eigenvalue weighted by Gasteiger charge is -2.32. The van der Waals surface area contributed by atoms with E-state index in [0.717, 1.165) is 5.56 Å².